The number of rotatable bonds is 4. The zero-order valence-electron chi connectivity index (χ0n) is 10.4. The molecule has 0 aliphatic carbocycles. The zero-order chi connectivity index (χ0) is 14.1. The van der Waals surface area contributed by atoms with Crippen LogP contribution in [0.1, 0.15) is 10.5 Å². The molecule has 0 unspecified atom stereocenters. The van der Waals surface area contributed by atoms with Gasteiger partial charge in [0.15, 0.2) is 5.69 Å². The summed E-state index contributed by atoms with van der Waals surface area (Å²) in [6.45, 7) is 1.27. The summed E-state index contributed by atoms with van der Waals surface area (Å²) < 4.78 is 4.68. The Morgan fingerprint density at radius 1 is 1.30 bits per heavy atom. The van der Waals surface area contributed by atoms with E-state index >= 15 is 0 Å². The highest BCUT2D eigenvalue weighted by Gasteiger charge is 2.08. The molecule has 7 heteroatoms. The third-order valence-electron chi connectivity index (χ3n) is 3.06. The maximum absolute atomic E-state index is 10.7. The predicted octanol–water partition coefficient (Wildman–Crippen LogP) is 2.39. The Bertz CT molecular complexity index is 778. The van der Waals surface area contributed by atoms with Crippen molar-refractivity contribution in [1.82, 2.24) is 19.6 Å². The molecule has 102 valence electrons. The number of nitrogens with zero attached hydrogens (tertiary/aromatic N) is 4. The molecule has 0 fully saturated rings. The minimum atomic E-state index is -1.06. The quantitative estimate of drug-likeness (QED) is 0.795. The van der Waals surface area contributed by atoms with E-state index < -0.39 is 5.97 Å². The molecular weight excluding hydrogens is 324 g/mol. The molecule has 0 saturated carbocycles. The molecule has 20 heavy (non-hydrogen) atoms. The van der Waals surface area contributed by atoms with Gasteiger partial charge in [-0.1, -0.05) is 21.1 Å². The van der Waals surface area contributed by atoms with Crippen LogP contribution in [0.15, 0.2) is 41.1 Å². The molecule has 3 aromatic rings. The highest BCUT2D eigenvalue weighted by molar-refractivity contribution is 9.10. The van der Waals surface area contributed by atoms with Crippen LogP contribution in [0, 0.1) is 0 Å². The van der Waals surface area contributed by atoms with Gasteiger partial charge in [0.1, 0.15) is 0 Å². The normalized spacial score (nSPS) is 11.1. The minimum Gasteiger partial charge on any atom is -0.476 e. The second-order valence-corrected chi connectivity index (χ2v) is 5.30. The van der Waals surface area contributed by atoms with Crippen molar-refractivity contribution in [2.75, 3.05) is 0 Å². The fraction of sp³-hybridized carbons (Fsp3) is 0.154. The third-order valence-corrected chi connectivity index (χ3v) is 3.55. The van der Waals surface area contributed by atoms with Gasteiger partial charge in [-0.2, -0.15) is 0 Å². The lowest BCUT2D eigenvalue weighted by atomic mass is 10.2. The monoisotopic (exact) mass is 334 g/mol. The van der Waals surface area contributed by atoms with E-state index in [0.29, 0.717) is 13.1 Å². The number of aromatic nitrogens is 4. The molecule has 3 rings (SSSR count). The fourth-order valence-corrected chi connectivity index (χ4v) is 2.46. The molecule has 0 amide bonds. The van der Waals surface area contributed by atoms with Gasteiger partial charge in [-0.15, -0.1) is 5.10 Å². The van der Waals surface area contributed by atoms with Crippen LogP contribution in [0.4, 0.5) is 0 Å². The predicted molar refractivity (Wildman–Crippen MR) is 76.6 cm³/mol. The van der Waals surface area contributed by atoms with Crippen LogP contribution in [0.5, 0.6) is 0 Å². The Balaban J connectivity index is 1.77. The Kier molecular flexibility index (Phi) is 3.27. The topological polar surface area (TPSA) is 72.9 Å². The first-order valence-corrected chi connectivity index (χ1v) is 6.80. The van der Waals surface area contributed by atoms with E-state index in [9.17, 15) is 4.79 Å². The molecule has 2 aromatic heterocycles. The molecule has 1 aromatic carbocycles. The Morgan fingerprint density at radius 2 is 2.15 bits per heavy atom. The molecule has 1 N–H and O–H groups in total. The van der Waals surface area contributed by atoms with Crippen molar-refractivity contribution in [1.29, 1.82) is 0 Å². The Morgan fingerprint density at radius 3 is 2.90 bits per heavy atom. The van der Waals surface area contributed by atoms with Gasteiger partial charge in [0.05, 0.1) is 12.7 Å². The summed E-state index contributed by atoms with van der Waals surface area (Å²) in [7, 11) is 0. The minimum absolute atomic E-state index is 0.0358. The van der Waals surface area contributed by atoms with E-state index in [4.69, 9.17) is 5.11 Å². The van der Waals surface area contributed by atoms with E-state index in [1.807, 2.05) is 24.4 Å². The molecule has 0 aliphatic rings. The van der Waals surface area contributed by atoms with Gasteiger partial charge in [-0.05, 0) is 24.3 Å². The number of carboxylic acid groups (broad SMARTS) is 1. The van der Waals surface area contributed by atoms with Gasteiger partial charge < -0.3 is 9.67 Å². The number of aromatic carboxylic acids is 1. The van der Waals surface area contributed by atoms with E-state index in [1.54, 1.807) is 0 Å². The Hall–Kier alpha value is -2.15. The van der Waals surface area contributed by atoms with E-state index in [1.165, 1.54) is 10.9 Å². The number of carbonyl (C=O) groups is 1. The van der Waals surface area contributed by atoms with Crippen LogP contribution < -0.4 is 0 Å². The summed E-state index contributed by atoms with van der Waals surface area (Å²) in [5.41, 5.74) is 1.10. The van der Waals surface area contributed by atoms with Crippen LogP contribution in [0.2, 0.25) is 0 Å². The van der Waals surface area contributed by atoms with E-state index in [0.717, 1.165) is 15.4 Å². The van der Waals surface area contributed by atoms with Crippen LogP contribution in [-0.2, 0) is 13.1 Å². The second kappa shape index (κ2) is 5.09. The number of benzene rings is 1. The standard InChI is InChI=1S/C13H11BrN4O2/c14-10-1-2-12-9(7-10)3-4-17(12)5-6-18-8-11(13(19)20)15-16-18/h1-4,7-8H,5-6H2,(H,19,20). The molecule has 6 nitrogen and oxygen atoms in total. The van der Waals surface area contributed by atoms with Crippen LogP contribution in [-0.4, -0.2) is 30.6 Å². The molecule has 0 radical (unpaired) electrons. The molecule has 0 spiro atoms. The van der Waals surface area contributed by atoms with Crippen LogP contribution in [0.3, 0.4) is 0 Å². The largest absolute Gasteiger partial charge is 0.476 e. The summed E-state index contributed by atoms with van der Waals surface area (Å²) in [6, 6.07) is 8.15. The Labute approximate surface area is 122 Å². The first kappa shape index (κ1) is 12.9. The van der Waals surface area contributed by atoms with Crippen molar-refractivity contribution in [3.63, 3.8) is 0 Å². The summed E-state index contributed by atoms with van der Waals surface area (Å²) in [4.78, 5) is 10.7. The smallest absolute Gasteiger partial charge is 0.358 e. The maximum atomic E-state index is 10.7. The lowest BCUT2D eigenvalue weighted by Gasteiger charge is -2.05. The van der Waals surface area contributed by atoms with Gasteiger partial charge in [0, 0.05) is 28.1 Å². The molecule has 0 bridgehead atoms. The van der Waals surface area contributed by atoms with Crippen molar-refractivity contribution < 1.29 is 9.90 Å². The number of hydrogen-bond donors (Lipinski definition) is 1. The summed E-state index contributed by atoms with van der Waals surface area (Å²) >= 11 is 3.45. The number of halogens is 1. The third kappa shape index (κ3) is 2.44. The fourth-order valence-electron chi connectivity index (χ4n) is 2.08. The average molecular weight is 335 g/mol. The van der Waals surface area contributed by atoms with Crippen molar-refractivity contribution in [3.8, 4) is 0 Å². The van der Waals surface area contributed by atoms with Crippen molar-refractivity contribution in [2.45, 2.75) is 13.1 Å². The first-order valence-electron chi connectivity index (χ1n) is 6.01. The van der Waals surface area contributed by atoms with Gasteiger partial charge in [-0.25, -0.2) is 9.48 Å². The average Bonchev–Trinajstić information content (AvgIpc) is 3.02. The van der Waals surface area contributed by atoms with Gasteiger partial charge in [0.25, 0.3) is 0 Å². The summed E-state index contributed by atoms with van der Waals surface area (Å²) in [6.07, 6.45) is 3.44. The van der Waals surface area contributed by atoms with E-state index in [-0.39, 0.29) is 5.69 Å². The van der Waals surface area contributed by atoms with E-state index in [2.05, 4.69) is 36.9 Å². The van der Waals surface area contributed by atoms with Crippen molar-refractivity contribution in [2.24, 2.45) is 0 Å². The lowest BCUT2D eigenvalue weighted by molar-refractivity contribution is 0.0690. The maximum Gasteiger partial charge on any atom is 0.358 e. The van der Waals surface area contributed by atoms with Gasteiger partial charge in [0.2, 0.25) is 0 Å². The van der Waals surface area contributed by atoms with Gasteiger partial charge >= 0.3 is 5.97 Å². The lowest BCUT2D eigenvalue weighted by Crippen LogP contribution is -2.07. The number of carboxylic acids is 1. The molecule has 2 heterocycles. The molecule has 0 atom stereocenters. The highest BCUT2D eigenvalue weighted by atomic mass is 79.9. The number of hydrogen-bond acceptors (Lipinski definition) is 3. The number of fused-ring (bicyclic) bond motifs is 1. The zero-order valence-corrected chi connectivity index (χ0v) is 12.0. The number of aryl methyl sites for hydroxylation is 2. The molecule has 0 saturated heterocycles. The van der Waals surface area contributed by atoms with Crippen molar-refractivity contribution >= 4 is 32.8 Å². The highest BCUT2D eigenvalue weighted by Crippen LogP contribution is 2.20. The summed E-state index contributed by atoms with van der Waals surface area (Å²) in [5, 5.41) is 17.3. The SMILES string of the molecule is O=C(O)c1cn(CCn2ccc3cc(Br)ccc32)nn1. The first-order chi connectivity index (χ1) is 9.63. The summed E-state index contributed by atoms with van der Waals surface area (Å²) in [5.74, 6) is -1.06. The van der Waals surface area contributed by atoms with Crippen LogP contribution in [0.25, 0.3) is 10.9 Å². The molecular formula is C13H11BrN4O2. The molecule has 0 aliphatic heterocycles. The van der Waals surface area contributed by atoms with Gasteiger partial charge in [-0.3, -0.25) is 0 Å². The second-order valence-electron chi connectivity index (χ2n) is 4.38. The van der Waals surface area contributed by atoms with Crippen LogP contribution >= 0.6 is 15.9 Å². The van der Waals surface area contributed by atoms with Crippen molar-refractivity contribution in [3.05, 3.63) is 46.8 Å².